The Labute approximate surface area is 276 Å². The molecule has 0 bridgehead atoms. The molecule has 12 heteroatoms. The number of alkyl halides is 2. The molecule has 1 saturated heterocycles. The van der Waals surface area contributed by atoms with E-state index in [4.69, 9.17) is 0 Å². The van der Waals surface area contributed by atoms with E-state index in [1.54, 1.807) is 21.7 Å². The van der Waals surface area contributed by atoms with E-state index in [1.807, 2.05) is 56.3 Å². The van der Waals surface area contributed by atoms with Gasteiger partial charge in [-0.25, -0.2) is 14.5 Å². The number of anilines is 1. The molecule has 1 N–H and O–H groups in total. The number of rotatable bonds is 8. The first-order valence-electron chi connectivity index (χ1n) is 15.0. The minimum absolute atomic E-state index is 0.0457. The van der Waals surface area contributed by atoms with Gasteiger partial charge in [-0.2, -0.15) is 13.8 Å². The lowest BCUT2D eigenvalue weighted by Crippen LogP contribution is -2.34. The topological polar surface area (TPSA) is 102 Å². The van der Waals surface area contributed by atoms with Crippen molar-refractivity contribution in [3.63, 3.8) is 0 Å². The fourth-order valence-electron chi connectivity index (χ4n) is 4.83. The number of nitrogens with zero attached hydrogens (tertiary/aromatic N) is 5. The van der Waals surface area contributed by atoms with Crippen LogP contribution in [0.2, 0.25) is 0 Å². The maximum absolute atomic E-state index is 13.1. The van der Waals surface area contributed by atoms with Gasteiger partial charge < -0.3 is 10.1 Å². The number of carbonyl (C=O) groups is 2. The summed E-state index contributed by atoms with van der Waals surface area (Å²) in [6.07, 6.45) is -1.35. The van der Waals surface area contributed by atoms with E-state index in [1.165, 1.54) is 30.2 Å². The lowest BCUT2D eigenvalue weighted by Gasteiger charge is -2.22. The zero-order chi connectivity index (χ0) is 33.7. The molecular formula is C35H34F2N6O3S. The molecule has 0 spiro atoms. The molecule has 4 aromatic rings. The minimum Gasteiger partial charge on any atom is -0.433 e. The van der Waals surface area contributed by atoms with Gasteiger partial charge in [0.2, 0.25) is 5.91 Å². The van der Waals surface area contributed by atoms with Gasteiger partial charge in [0.05, 0.1) is 17.1 Å². The molecular weight excluding hydrogens is 622 g/mol. The molecule has 3 aromatic carbocycles. The fourth-order valence-corrected chi connectivity index (χ4v) is 5.69. The van der Waals surface area contributed by atoms with Crippen molar-refractivity contribution < 1.29 is 23.1 Å². The number of hydrogen-bond donors (Lipinski definition) is 1. The van der Waals surface area contributed by atoms with Crippen LogP contribution in [0.5, 0.6) is 5.75 Å². The monoisotopic (exact) mass is 656 g/mol. The quantitative estimate of drug-likeness (QED) is 0.199. The third-order valence-electron chi connectivity index (χ3n) is 7.03. The van der Waals surface area contributed by atoms with Crippen LogP contribution in [0.4, 0.5) is 19.3 Å². The molecule has 1 fully saturated rings. The number of nitrogens with one attached hydrogen (secondary N) is 1. The predicted molar refractivity (Wildman–Crippen MR) is 180 cm³/mol. The van der Waals surface area contributed by atoms with E-state index in [0.29, 0.717) is 30.0 Å². The zero-order valence-corrected chi connectivity index (χ0v) is 27.4. The third-order valence-corrected chi connectivity index (χ3v) is 7.96. The lowest BCUT2D eigenvalue weighted by atomic mass is 9.99. The summed E-state index contributed by atoms with van der Waals surface area (Å²) in [5.74, 6) is 7.05. The van der Waals surface area contributed by atoms with Crippen molar-refractivity contribution >= 4 is 34.6 Å². The van der Waals surface area contributed by atoms with E-state index in [-0.39, 0.29) is 29.4 Å². The van der Waals surface area contributed by atoms with Gasteiger partial charge in [-0.05, 0) is 73.4 Å². The first-order valence-corrected chi connectivity index (χ1v) is 16.0. The molecule has 1 aliphatic rings. The second kappa shape index (κ2) is 14.2. The summed E-state index contributed by atoms with van der Waals surface area (Å²) in [5.41, 5.74) is 4.92. The molecule has 5 rings (SSSR count). The molecule has 47 heavy (non-hydrogen) atoms. The molecule has 242 valence electrons. The standard InChI is InChI=1S/C35H34F2N6O3S/c1-22(2)29-17-12-23(3)18-30(29)43-31(44)20-47-34(43)40-33(45)39-24(4)8-6-9-25-10-7-11-26(19-25)32-38-21-42(41-32)27-13-15-28(16-14-27)46-35(5,36)37/h7,10-19,21-22,24H,8,20H2,1-5H3,(H,39,45)/b40-34-. The van der Waals surface area contributed by atoms with Gasteiger partial charge in [0.25, 0.3) is 0 Å². The summed E-state index contributed by atoms with van der Waals surface area (Å²) < 4.78 is 32.3. The molecule has 9 nitrogen and oxygen atoms in total. The van der Waals surface area contributed by atoms with Crippen LogP contribution < -0.4 is 15.0 Å². The van der Waals surface area contributed by atoms with Crippen LogP contribution >= 0.6 is 11.8 Å². The van der Waals surface area contributed by atoms with Crippen molar-refractivity contribution in [1.29, 1.82) is 0 Å². The Hall–Kier alpha value is -5.02. The average molecular weight is 657 g/mol. The molecule has 1 aliphatic heterocycles. The first kappa shape index (κ1) is 33.3. The van der Waals surface area contributed by atoms with Crippen LogP contribution in [-0.2, 0) is 4.79 Å². The third kappa shape index (κ3) is 8.62. The predicted octanol–water partition coefficient (Wildman–Crippen LogP) is 7.33. The van der Waals surface area contributed by atoms with Crippen LogP contribution in [0.25, 0.3) is 17.1 Å². The van der Waals surface area contributed by atoms with Gasteiger partial charge in [-0.1, -0.05) is 61.7 Å². The molecule has 0 saturated carbocycles. The van der Waals surface area contributed by atoms with E-state index < -0.39 is 12.1 Å². The minimum atomic E-state index is -3.27. The van der Waals surface area contributed by atoms with Crippen molar-refractivity contribution in [2.24, 2.45) is 4.99 Å². The molecule has 1 aromatic heterocycles. The van der Waals surface area contributed by atoms with E-state index in [9.17, 15) is 18.4 Å². The van der Waals surface area contributed by atoms with Gasteiger partial charge in [-0.3, -0.25) is 9.69 Å². The summed E-state index contributed by atoms with van der Waals surface area (Å²) in [7, 11) is 0. The summed E-state index contributed by atoms with van der Waals surface area (Å²) in [4.78, 5) is 35.8. The Morgan fingerprint density at radius 3 is 2.62 bits per heavy atom. The summed E-state index contributed by atoms with van der Waals surface area (Å²) in [6.45, 7) is 8.62. The summed E-state index contributed by atoms with van der Waals surface area (Å²) in [6, 6.07) is 18.7. The molecule has 1 atom stereocenters. The summed E-state index contributed by atoms with van der Waals surface area (Å²) in [5, 5.41) is 7.72. The number of amidine groups is 1. The number of hydrogen-bond acceptors (Lipinski definition) is 6. The number of carbonyl (C=O) groups excluding carboxylic acids is 2. The van der Waals surface area contributed by atoms with Crippen LogP contribution in [0.1, 0.15) is 56.7 Å². The van der Waals surface area contributed by atoms with E-state index >= 15 is 0 Å². The Morgan fingerprint density at radius 1 is 1.13 bits per heavy atom. The van der Waals surface area contributed by atoms with Gasteiger partial charge in [0, 0.05) is 30.5 Å². The van der Waals surface area contributed by atoms with Crippen molar-refractivity contribution in [2.75, 3.05) is 10.7 Å². The average Bonchev–Trinajstić information content (AvgIpc) is 3.64. The number of thioether (sulfide) groups is 1. The smallest absolute Gasteiger partial charge is 0.394 e. The highest BCUT2D eigenvalue weighted by Crippen LogP contribution is 2.34. The maximum atomic E-state index is 13.1. The van der Waals surface area contributed by atoms with Gasteiger partial charge >= 0.3 is 12.1 Å². The normalized spacial score (nSPS) is 14.7. The number of halogens is 2. The highest BCUT2D eigenvalue weighted by Gasteiger charge is 2.32. The van der Waals surface area contributed by atoms with Crippen molar-refractivity contribution in [3.8, 4) is 34.7 Å². The summed E-state index contributed by atoms with van der Waals surface area (Å²) >= 11 is 1.25. The van der Waals surface area contributed by atoms with Crippen molar-refractivity contribution in [2.45, 2.75) is 59.1 Å². The zero-order valence-electron chi connectivity index (χ0n) is 26.6. The van der Waals surface area contributed by atoms with Crippen LogP contribution in [0, 0.1) is 18.8 Å². The number of ether oxygens (including phenoxy) is 1. The Morgan fingerprint density at radius 2 is 1.89 bits per heavy atom. The molecule has 1 unspecified atom stereocenters. The number of urea groups is 1. The second-order valence-corrected chi connectivity index (χ2v) is 12.4. The SMILES string of the molecule is Cc1ccc(C(C)C)c(N2C(=O)CS/C2=N\C(=O)NC(C)CC#Cc2cccc(-c3ncn(-c4ccc(OC(C)(F)F)cc4)n3)c2)c1. The number of aromatic nitrogens is 3. The van der Waals surface area contributed by atoms with Gasteiger partial charge in [-0.15, -0.1) is 5.10 Å². The fraction of sp³-hybridized carbons (Fsp3) is 0.286. The number of amides is 3. The van der Waals surface area contributed by atoms with Gasteiger partial charge in [0.1, 0.15) is 12.1 Å². The Kier molecular flexibility index (Phi) is 10.1. The highest BCUT2D eigenvalue weighted by molar-refractivity contribution is 8.15. The van der Waals surface area contributed by atoms with E-state index in [0.717, 1.165) is 27.9 Å². The van der Waals surface area contributed by atoms with Crippen LogP contribution in [0.15, 0.2) is 78.0 Å². The largest absolute Gasteiger partial charge is 0.433 e. The van der Waals surface area contributed by atoms with Gasteiger partial charge in [0.15, 0.2) is 11.0 Å². The van der Waals surface area contributed by atoms with Crippen molar-refractivity contribution in [3.05, 3.63) is 89.7 Å². The number of benzene rings is 3. The Bertz CT molecular complexity index is 1870. The molecule has 0 radical (unpaired) electrons. The van der Waals surface area contributed by atoms with E-state index in [2.05, 4.69) is 50.8 Å². The molecule has 2 heterocycles. The Balaban J connectivity index is 1.21. The second-order valence-electron chi connectivity index (χ2n) is 11.5. The maximum Gasteiger partial charge on any atom is 0.394 e. The first-order chi connectivity index (χ1) is 22.4. The van der Waals surface area contributed by atoms with Crippen molar-refractivity contribution in [1.82, 2.24) is 20.1 Å². The molecule has 3 amide bonds. The number of aliphatic imine (C=N–C) groups is 1. The number of aryl methyl sites for hydroxylation is 1. The van der Waals surface area contributed by atoms with Crippen LogP contribution in [-0.4, -0.2) is 49.8 Å². The molecule has 0 aliphatic carbocycles. The lowest BCUT2D eigenvalue weighted by molar-refractivity contribution is -0.158. The van der Waals surface area contributed by atoms with Crippen LogP contribution in [0.3, 0.4) is 0 Å². The highest BCUT2D eigenvalue weighted by atomic mass is 32.2.